The minimum atomic E-state index is -4.74. The van der Waals surface area contributed by atoms with E-state index in [1.807, 2.05) is 48.5 Å². The number of hydrogen-bond donors (Lipinski definition) is 3. The lowest BCUT2D eigenvalue weighted by molar-refractivity contribution is -0.274. The van der Waals surface area contributed by atoms with Gasteiger partial charge in [0.2, 0.25) is 0 Å². The number of nitrogens with one attached hydrogen (secondary N) is 3. The molecule has 2 amide bonds. The Morgan fingerprint density at radius 2 is 1.73 bits per heavy atom. The highest BCUT2D eigenvalue weighted by atomic mass is 32.1. The van der Waals surface area contributed by atoms with Crippen LogP contribution < -0.4 is 20.7 Å². The third-order valence-electron chi connectivity index (χ3n) is 6.02. The topological polar surface area (TPSA) is 93.1 Å². The van der Waals surface area contributed by atoms with E-state index in [1.165, 1.54) is 35.3 Å². The fourth-order valence-corrected chi connectivity index (χ4v) is 4.25. The third kappa shape index (κ3) is 8.77. The van der Waals surface area contributed by atoms with Crippen LogP contribution in [0, 0.1) is 0 Å². The summed E-state index contributed by atoms with van der Waals surface area (Å²) in [7, 11) is 0. The zero-order chi connectivity index (χ0) is 29.4. The quantitative estimate of drug-likeness (QED) is 0.152. The molecule has 0 aliphatic rings. The van der Waals surface area contributed by atoms with Crippen LogP contribution in [0.15, 0.2) is 79.1 Å². The number of carbonyl (C=O) groups excluding carboxylic acids is 1. The first-order valence-electron chi connectivity index (χ1n) is 12.9. The van der Waals surface area contributed by atoms with Gasteiger partial charge in [-0.2, -0.15) is 0 Å². The predicted molar refractivity (Wildman–Crippen MR) is 155 cm³/mol. The van der Waals surface area contributed by atoms with Gasteiger partial charge in [0.25, 0.3) is 0 Å². The summed E-state index contributed by atoms with van der Waals surface area (Å²) < 4.78 is 42.4. The average molecular weight is 583 g/mol. The highest BCUT2D eigenvalue weighted by Gasteiger charge is 2.31. The molecule has 1 aromatic heterocycles. The monoisotopic (exact) mass is 582 g/mol. The summed E-state index contributed by atoms with van der Waals surface area (Å²) in [5.74, 6) is 0.483. The zero-order valence-corrected chi connectivity index (χ0v) is 23.2. The van der Waals surface area contributed by atoms with Crippen LogP contribution in [-0.4, -0.2) is 38.8 Å². The molecule has 1 heterocycles. The smallest absolute Gasteiger partial charge is 0.406 e. The first-order chi connectivity index (χ1) is 19.6. The van der Waals surface area contributed by atoms with Crippen molar-refractivity contribution in [1.29, 1.82) is 0 Å². The Morgan fingerprint density at radius 3 is 2.41 bits per heavy atom. The summed E-state index contributed by atoms with van der Waals surface area (Å²) >= 11 is 5.28. The summed E-state index contributed by atoms with van der Waals surface area (Å²) in [5, 5.41) is 13.2. The SMILES string of the molecule is CC(C)c1ccccc1NC(=S)NC(=O)NCCCc1ccc(-c2ncn(-c3ccc(OC(F)(F)F)cc3)n2)cc1. The van der Waals surface area contributed by atoms with Gasteiger partial charge in [-0.25, -0.2) is 14.5 Å². The van der Waals surface area contributed by atoms with Gasteiger partial charge in [0, 0.05) is 17.8 Å². The summed E-state index contributed by atoms with van der Waals surface area (Å²) in [5.41, 5.74) is 4.40. The van der Waals surface area contributed by atoms with Crippen molar-refractivity contribution in [2.24, 2.45) is 0 Å². The van der Waals surface area contributed by atoms with Crippen molar-refractivity contribution in [2.45, 2.75) is 39.0 Å². The number of aromatic nitrogens is 3. The molecule has 0 unspecified atom stereocenters. The van der Waals surface area contributed by atoms with E-state index in [0.29, 0.717) is 24.0 Å². The fourth-order valence-electron chi connectivity index (χ4n) is 4.05. The highest BCUT2D eigenvalue weighted by Crippen LogP contribution is 2.25. The maximum atomic E-state index is 12.4. The molecule has 0 bridgehead atoms. The number of anilines is 1. The molecule has 8 nitrogen and oxygen atoms in total. The molecule has 214 valence electrons. The average Bonchev–Trinajstić information content (AvgIpc) is 3.41. The van der Waals surface area contributed by atoms with Gasteiger partial charge in [-0.05, 0) is 72.4 Å². The number of rotatable bonds is 9. The Morgan fingerprint density at radius 1 is 1.02 bits per heavy atom. The van der Waals surface area contributed by atoms with E-state index in [9.17, 15) is 18.0 Å². The maximum Gasteiger partial charge on any atom is 0.573 e. The lowest BCUT2D eigenvalue weighted by Gasteiger charge is -2.15. The molecule has 3 aromatic carbocycles. The number of aryl methyl sites for hydroxylation is 1. The molecule has 0 aliphatic carbocycles. The number of amides is 2. The van der Waals surface area contributed by atoms with Crippen molar-refractivity contribution >= 4 is 29.0 Å². The van der Waals surface area contributed by atoms with E-state index in [-0.39, 0.29) is 16.9 Å². The number of thiocarbonyl (C=S) groups is 1. The number of halogens is 3. The zero-order valence-electron chi connectivity index (χ0n) is 22.4. The number of urea groups is 1. The van der Waals surface area contributed by atoms with Gasteiger partial charge < -0.3 is 15.4 Å². The fraction of sp³-hybridized carbons (Fsp3) is 0.241. The molecule has 41 heavy (non-hydrogen) atoms. The standard InChI is InChI=1S/C29H29F3N6O2S/c1-19(2)24-7-3-4-8-25(24)35-28(41)36-27(39)33-17-5-6-20-9-11-21(12-10-20)26-34-18-38(37-26)22-13-15-23(16-14-22)40-29(30,31)32/h3-4,7-16,18-19H,5-6,17H2,1-2H3,(H3,33,35,36,39,41). The third-order valence-corrected chi connectivity index (χ3v) is 6.23. The van der Waals surface area contributed by atoms with Crippen molar-refractivity contribution in [3.8, 4) is 22.8 Å². The van der Waals surface area contributed by atoms with Crippen LogP contribution in [0.3, 0.4) is 0 Å². The lowest BCUT2D eigenvalue weighted by atomic mass is 10.0. The number of benzene rings is 3. The van der Waals surface area contributed by atoms with Gasteiger partial charge in [0.05, 0.1) is 5.69 Å². The van der Waals surface area contributed by atoms with E-state index in [2.05, 4.69) is 44.6 Å². The Bertz CT molecular complexity index is 1470. The van der Waals surface area contributed by atoms with Crippen LogP contribution in [0.1, 0.15) is 37.3 Å². The van der Waals surface area contributed by atoms with Crippen LogP contribution in [0.2, 0.25) is 0 Å². The van der Waals surface area contributed by atoms with E-state index in [1.54, 1.807) is 0 Å². The van der Waals surface area contributed by atoms with E-state index in [4.69, 9.17) is 12.2 Å². The van der Waals surface area contributed by atoms with E-state index in [0.717, 1.165) is 35.2 Å². The molecule has 0 radical (unpaired) electrons. The molecule has 0 spiro atoms. The molecule has 0 fully saturated rings. The van der Waals surface area contributed by atoms with Crippen molar-refractivity contribution in [2.75, 3.05) is 11.9 Å². The molecule has 0 saturated heterocycles. The van der Waals surface area contributed by atoms with Crippen molar-refractivity contribution < 1.29 is 22.7 Å². The predicted octanol–water partition coefficient (Wildman–Crippen LogP) is 6.59. The second-order valence-electron chi connectivity index (χ2n) is 9.43. The first kappa shape index (κ1) is 29.5. The summed E-state index contributed by atoms with van der Waals surface area (Å²) in [6.45, 7) is 4.65. The molecule has 4 aromatic rings. The van der Waals surface area contributed by atoms with Gasteiger partial charge >= 0.3 is 12.4 Å². The molecule has 4 rings (SSSR count). The van der Waals surface area contributed by atoms with Gasteiger partial charge in [0.15, 0.2) is 10.9 Å². The van der Waals surface area contributed by atoms with Gasteiger partial charge in [0.1, 0.15) is 12.1 Å². The largest absolute Gasteiger partial charge is 0.573 e. The molecule has 12 heteroatoms. The Labute approximate surface area is 240 Å². The number of alkyl halides is 3. The van der Waals surface area contributed by atoms with Crippen LogP contribution in [0.4, 0.5) is 23.7 Å². The molecular weight excluding hydrogens is 553 g/mol. The number of para-hydroxylation sites is 1. The highest BCUT2D eigenvalue weighted by molar-refractivity contribution is 7.80. The van der Waals surface area contributed by atoms with E-state index >= 15 is 0 Å². The molecule has 0 aliphatic heterocycles. The maximum absolute atomic E-state index is 12.4. The second kappa shape index (κ2) is 13.3. The van der Waals surface area contributed by atoms with Crippen LogP contribution in [0.5, 0.6) is 5.75 Å². The number of ether oxygens (including phenoxy) is 1. The van der Waals surface area contributed by atoms with Crippen molar-refractivity contribution in [3.63, 3.8) is 0 Å². The molecule has 0 atom stereocenters. The Kier molecular flexibility index (Phi) is 9.56. The second-order valence-corrected chi connectivity index (χ2v) is 9.84. The van der Waals surface area contributed by atoms with Gasteiger partial charge in [-0.1, -0.05) is 56.3 Å². The normalized spacial score (nSPS) is 11.3. The summed E-state index contributed by atoms with van der Waals surface area (Å²) in [4.78, 5) is 16.5. The summed E-state index contributed by atoms with van der Waals surface area (Å²) in [6.07, 6.45) is -1.78. The lowest BCUT2D eigenvalue weighted by Crippen LogP contribution is -2.42. The van der Waals surface area contributed by atoms with E-state index < -0.39 is 6.36 Å². The number of hydrogen-bond acceptors (Lipinski definition) is 5. The van der Waals surface area contributed by atoms with Gasteiger partial charge in [-0.3, -0.25) is 5.32 Å². The van der Waals surface area contributed by atoms with Crippen LogP contribution in [0.25, 0.3) is 17.1 Å². The van der Waals surface area contributed by atoms with Gasteiger partial charge in [-0.15, -0.1) is 18.3 Å². The summed E-state index contributed by atoms with van der Waals surface area (Å²) in [6, 6.07) is 20.5. The molecule has 0 saturated carbocycles. The molecule has 3 N–H and O–H groups in total. The van der Waals surface area contributed by atoms with Crippen molar-refractivity contribution in [1.82, 2.24) is 25.4 Å². The van der Waals surface area contributed by atoms with Crippen molar-refractivity contribution in [3.05, 3.63) is 90.3 Å². The Balaban J connectivity index is 1.21. The van der Waals surface area contributed by atoms with Crippen LogP contribution in [-0.2, 0) is 6.42 Å². The number of carbonyl (C=O) groups is 1. The molecular formula is C29H29F3N6O2S. The minimum Gasteiger partial charge on any atom is -0.406 e. The Hall–Kier alpha value is -4.45. The number of nitrogens with zero attached hydrogens (tertiary/aromatic N) is 3. The minimum absolute atomic E-state index is 0.231. The van der Waals surface area contributed by atoms with Crippen LogP contribution >= 0.6 is 12.2 Å². The first-order valence-corrected chi connectivity index (χ1v) is 13.3.